The van der Waals surface area contributed by atoms with E-state index in [1.54, 1.807) is 34.8 Å². The number of alkyl carbamates (subject to hydrolysis) is 1. The smallest absolute Gasteiger partial charge is 0.408 e. The van der Waals surface area contributed by atoms with Crippen molar-refractivity contribution >= 4 is 17.2 Å². The van der Waals surface area contributed by atoms with Crippen LogP contribution in [0.1, 0.15) is 65.4 Å². The molecule has 8 heteroatoms. The summed E-state index contributed by atoms with van der Waals surface area (Å²) in [6.07, 6.45) is 5.42. The number of nitrogens with one attached hydrogen (secondary N) is 1. The summed E-state index contributed by atoms with van der Waals surface area (Å²) in [4.78, 5) is 16.9. The average molecular weight is 511 g/mol. The molecular formula is C29H38N2O6. The van der Waals surface area contributed by atoms with E-state index in [-0.39, 0.29) is 12.7 Å². The number of aliphatic hydroxyl groups excluding tert-OH is 1. The molecule has 1 atom stereocenters. The van der Waals surface area contributed by atoms with E-state index in [1.807, 2.05) is 36.4 Å². The first-order chi connectivity index (χ1) is 17.6. The van der Waals surface area contributed by atoms with Crippen molar-refractivity contribution in [3.63, 3.8) is 0 Å². The van der Waals surface area contributed by atoms with E-state index in [2.05, 4.69) is 5.32 Å². The molecule has 4 rings (SSSR count). The lowest BCUT2D eigenvalue weighted by atomic mass is 9.94. The van der Waals surface area contributed by atoms with Crippen molar-refractivity contribution in [1.29, 1.82) is 0 Å². The highest BCUT2D eigenvalue weighted by Gasteiger charge is 2.28. The molecule has 1 aromatic heterocycles. The molecule has 0 spiro atoms. The van der Waals surface area contributed by atoms with E-state index in [1.165, 1.54) is 12.8 Å². The van der Waals surface area contributed by atoms with E-state index in [9.17, 15) is 9.90 Å². The Morgan fingerprint density at radius 2 is 1.86 bits per heavy atom. The van der Waals surface area contributed by atoms with Gasteiger partial charge in [0.1, 0.15) is 11.1 Å². The second-order valence-electron chi connectivity index (χ2n) is 11.1. The third kappa shape index (κ3) is 6.95. The van der Waals surface area contributed by atoms with E-state index in [0.29, 0.717) is 30.1 Å². The number of rotatable bonds is 9. The van der Waals surface area contributed by atoms with Gasteiger partial charge in [-0.3, -0.25) is 0 Å². The molecular weight excluding hydrogens is 472 g/mol. The predicted molar refractivity (Wildman–Crippen MR) is 142 cm³/mol. The maximum atomic E-state index is 12.2. The van der Waals surface area contributed by atoms with E-state index >= 15 is 0 Å². The minimum Gasteiger partial charge on any atom is -0.493 e. The molecule has 2 aromatic carbocycles. The molecule has 37 heavy (non-hydrogen) atoms. The number of hydrogen-bond acceptors (Lipinski definition) is 7. The number of aryl methyl sites for hydroxylation is 1. The lowest BCUT2D eigenvalue weighted by Crippen LogP contribution is -2.50. The first-order valence-electron chi connectivity index (χ1n) is 12.9. The molecule has 200 valence electrons. The summed E-state index contributed by atoms with van der Waals surface area (Å²) in [6.45, 7) is 7.01. The summed E-state index contributed by atoms with van der Waals surface area (Å²) in [5.41, 5.74) is 1.83. The number of ether oxygens (including phenoxy) is 3. The lowest BCUT2D eigenvalue weighted by Gasteiger charge is -2.30. The zero-order chi connectivity index (χ0) is 26.6. The van der Waals surface area contributed by atoms with Crippen LogP contribution >= 0.6 is 0 Å². The van der Waals surface area contributed by atoms with Crippen LogP contribution in [0.25, 0.3) is 22.6 Å². The molecule has 1 aliphatic carbocycles. The van der Waals surface area contributed by atoms with E-state index in [0.717, 1.165) is 35.2 Å². The number of hydrogen-bond donors (Lipinski definition) is 2. The van der Waals surface area contributed by atoms with Crippen molar-refractivity contribution in [2.75, 3.05) is 13.7 Å². The van der Waals surface area contributed by atoms with Crippen molar-refractivity contribution in [1.82, 2.24) is 10.3 Å². The molecule has 1 fully saturated rings. The normalized spacial score (nSPS) is 15.9. The third-order valence-electron chi connectivity index (χ3n) is 6.58. The van der Waals surface area contributed by atoms with Crippen molar-refractivity contribution in [2.24, 2.45) is 0 Å². The monoisotopic (exact) mass is 510 g/mol. The van der Waals surface area contributed by atoms with Gasteiger partial charge in [0.2, 0.25) is 5.89 Å². The van der Waals surface area contributed by atoms with E-state index in [4.69, 9.17) is 23.6 Å². The highest BCUT2D eigenvalue weighted by Crippen LogP contribution is 2.36. The van der Waals surface area contributed by atoms with Gasteiger partial charge in [0.25, 0.3) is 0 Å². The molecule has 1 unspecified atom stereocenters. The number of aliphatic hydroxyl groups is 1. The van der Waals surface area contributed by atoms with Crippen molar-refractivity contribution in [3.8, 4) is 23.0 Å². The number of nitrogens with zero attached hydrogens (tertiary/aromatic N) is 1. The Kier molecular flexibility index (Phi) is 7.97. The van der Waals surface area contributed by atoms with Gasteiger partial charge in [-0.2, -0.15) is 0 Å². The Bertz CT molecular complexity index is 1220. The average Bonchev–Trinajstić information content (AvgIpc) is 3.51. The number of methoxy groups -OCH3 is 1. The number of amides is 1. The van der Waals surface area contributed by atoms with Crippen LogP contribution in [0.4, 0.5) is 4.79 Å². The second-order valence-corrected chi connectivity index (χ2v) is 11.1. The van der Waals surface area contributed by atoms with Gasteiger partial charge in [0.05, 0.1) is 25.4 Å². The Balaban J connectivity index is 1.46. The summed E-state index contributed by atoms with van der Waals surface area (Å²) < 4.78 is 23.1. The number of oxazole rings is 1. The van der Waals surface area contributed by atoms with Gasteiger partial charge < -0.3 is 29.1 Å². The van der Waals surface area contributed by atoms with Gasteiger partial charge in [0, 0.05) is 5.56 Å². The molecule has 0 saturated heterocycles. The molecule has 1 amide bonds. The van der Waals surface area contributed by atoms with Gasteiger partial charge in [-0.1, -0.05) is 6.07 Å². The predicted octanol–water partition coefficient (Wildman–Crippen LogP) is 6.03. The zero-order valence-corrected chi connectivity index (χ0v) is 22.4. The molecule has 1 heterocycles. The highest BCUT2D eigenvalue weighted by atomic mass is 16.6. The van der Waals surface area contributed by atoms with Gasteiger partial charge >= 0.3 is 6.09 Å². The number of fused-ring (bicyclic) bond motifs is 1. The lowest BCUT2D eigenvalue weighted by molar-refractivity contribution is 0.0407. The first-order valence-corrected chi connectivity index (χ1v) is 12.9. The second kappa shape index (κ2) is 11.0. The summed E-state index contributed by atoms with van der Waals surface area (Å²) in [6, 6.07) is 11.6. The first kappa shape index (κ1) is 26.8. The third-order valence-corrected chi connectivity index (χ3v) is 6.58. The molecule has 8 nitrogen and oxygen atoms in total. The number of carbonyl (C=O) groups is 1. The van der Waals surface area contributed by atoms with Crippen LogP contribution in [0.5, 0.6) is 11.5 Å². The van der Waals surface area contributed by atoms with Crippen molar-refractivity contribution in [3.05, 3.63) is 42.0 Å². The topological polar surface area (TPSA) is 103 Å². The fraction of sp³-hybridized carbons (Fsp3) is 0.517. The van der Waals surface area contributed by atoms with Crippen LogP contribution in [-0.2, 0) is 11.2 Å². The summed E-state index contributed by atoms with van der Waals surface area (Å²) in [5, 5.41) is 12.7. The summed E-state index contributed by atoms with van der Waals surface area (Å²) in [5.74, 6) is 1.90. The minimum atomic E-state index is -0.814. The molecule has 1 saturated carbocycles. The van der Waals surface area contributed by atoms with Crippen LogP contribution in [0, 0.1) is 0 Å². The Hall–Kier alpha value is -3.26. The molecule has 3 aromatic rings. The molecule has 1 aliphatic rings. The quantitative estimate of drug-likeness (QED) is 0.362. The van der Waals surface area contributed by atoms with Gasteiger partial charge in [-0.15, -0.1) is 0 Å². The fourth-order valence-corrected chi connectivity index (χ4v) is 4.49. The van der Waals surface area contributed by atoms with Crippen molar-refractivity contribution in [2.45, 2.75) is 83.5 Å². The Morgan fingerprint density at radius 3 is 2.54 bits per heavy atom. The van der Waals surface area contributed by atoms with Crippen LogP contribution < -0.4 is 14.8 Å². The zero-order valence-electron chi connectivity index (χ0n) is 22.4. The standard InChI is InChI=1S/C29H38N2O6/c1-28(2,3)37-27(33)31-29(4,18-32)15-14-19-10-12-23-22(16-19)30-26(36-23)20-11-13-24(25(17-20)34-5)35-21-8-6-7-9-21/h10-13,16-17,21,32H,6-9,14-15,18H2,1-5H3,(H,31,33). The SMILES string of the molecule is COc1cc(-c2nc3cc(CCC(C)(CO)NC(=O)OC(C)(C)C)ccc3o2)ccc1OC1CCCC1. The van der Waals surface area contributed by atoms with Crippen molar-refractivity contribution < 1.29 is 28.5 Å². The number of carbonyl (C=O) groups excluding carboxylic acids is 1. The summed E-state index contributed by atoms with van der Waals surface area (Å²) >= 11 is 0. The maximum absolute atomic E-state index is 12.2. The van der Waals surface area contributed by atoms with Crippen LogP contribution in [-0.4, -0.2) is 47.1 Å². The largest absolute Gasteiger partial charge is 0.493 e. The van der Waals surface area contributed by atoms with E-state index < -0.39 is 17.2 Å². The maximum Gasteiger partial charge on any atom is 0.408 e. The van der Waals surface area contributed by atoms with Crippen LogP contribution in [0.2, 0.25) is 0 Å². The molecule has 2 N–H and O–H groups in total. The molecule has 0 aliphatic heterocycles. The number of benzene rings is 2. The Morgan fingerprint density at radius 1 is 1.11 bits per heavy atom. The van der Waals surface area contributed by atoms with Gasteiger partial charge in [-0.05, 0) is 102 Å². The van der Waals surface area contributed by atoms with Crippen LogP contribution in [0.15, 0.2) is 40.8 Å². The minimum absolute atomic E-state index is 0.203. The highest BCUT2D eigenvalue weighted by molar-refractivity contribution is 5.77. The summed E-state index contributed by atoms with van der Waals surface area (Å²) in [7, 11) is 1.64. The molecule has 0 radical (unpaired) electrons. The van der Waals surface area contributed by atoms with Gasteiger partial charge in [0.15, 0.2) is 17.1 Å². The fourth-order valence-electron chi connectivity index (χ4n) is 4.49. The van der Waals surface area contributed by atoms with Gasteiger partial charge in [-0.25, -0.2) is 9.78 Å². The Labute approximate surface area is 218 Å². The molecule has 0 bridgehead atoms. The number of aromatic nitrogens is 1. The van der Waals surface area contributed by atoms with Crippen LogP contribution in [0.3, 0.4) is 0 Å².